The molecule has 0 fully saturated rings. The topological polar surface area (TPSA) is 0 Å². The van der Waals surface area contributed by atoms with Crippen LogP contribution in [0.3, 0.4) is 0 Å². The van der Waals surface area contributed by atoms with E-state index in [1.807, 2.05) is 0 Å². The fourth-order valence-electron chi connectivity index (χ4n) is 4.98. The quantitative estimate of drug-likeness (QED) is 0.210. The summed E-state index contributed by atoms with van der Waals surface area (Å²) in [6, 6.07) is 33.6. The molecular formula is C34H38Si. The molecule has 0 aliphatic heterocycles. The second kappa shape index (κ2) is 12.2. The predicted molar refractivity (Wildman–Crippen MR) is 153 cm³/mol. The van der Waals surface area contributed by atoms with Crippen LogP contribution in [-0.2, 0) is 38.1 Å². The molecule has 0 heterocycles. The molecule has 35 heavy (non-hydrogen) atoms. The zero-order valence-electron chi connectivity index (χ0n) is 21.8. The lowest BCUT2D eigenvalue weighted by Crippen LogP contribution is -2.16. The van der Waals surface area contributed by atoms with Crippen molar-refractivity contribution in [1.82, 2.24) is 0 Å². The van der Waals surface area contributed by atoms with Gasteiger partial charge in [-0.2, -0.15) is 0 Å². The van der Waals surface area contributed by atoms with Gasteiger partial charge in [-0.3, -0.25) is 0 Å². The highest BCUT2D eigenvalue weighted by molar-refractivity contribution is 6.52. The molecule has 0 aliphatic rings. The van der Waals surface area contributed by atoms with Crippen LogP contribution in [0.1, 0.15) is 70.8 Å². The van der Waals surface area contributed by atoms with E-state index in [-0.39, 0.29) is 0 Å². The molecule has 2 radical (unpaired) electrons. The van der Waals surface area contributed by atoms with Crippen molar-refractivity contribution in [2.45, 2.75) is 65.8 Å². The second-order valence-electron chi connectivity index (χ2n) is 9.78. The minimum absolute atomic E-state index is 0.821. The van der Waals surface area contributed by atoms with Crippen molar-refractivity contribution < 1.29 is 0 Å². The average molecular weight is 475 g/mol. The first-order valence-electron chi connectivity index (χ1n) is 13.2. The number of hydrogen-bond donors (Lipinski definition) is 0. The molecule has 0 N–H and O–H groups in total. The zero-order chi connectivity index (χ0) is 24.6. The van der Waals surface area contributed by atoms with Crippen LogP contribution in [0.15, 0.2) is 84.9 Å². The maximum atomic E-state index is 2.45. The van der Waals surface area contributed by atoms with Crippen LogP contribution in [0.5, 0.6) is 0 Å². The molecular weight excluding hydrogens is 436 g/mol. The Labute approximate surface area is 215 Å². The van der Waals surface area contributed by atoms with Gasteiger partial charge in [0.15, 0.2) is 0 Å². The Morgan fingerprint density at radius 2 is 0.886 bits per heavy atom. The van der Waals surface area contributed by atoms with E-state index >= 15 is 0 Å². The third-order valence-corrected chi connectivity index (χ3v) is 8.06. The van der Waals surface area contributed by atoms with Crippen LogP contribution >= 0.6 is 0 Å². The summed E-state index contributed by atoms with van der Waals surface area (Å²) in [4.78, 5) is 0. The van der Waals surface area contributed by atoms with E-state index in [0.29, 0.717) is 0 Å². The maximum absolute atomic E-state index is 2.45. The molecule has 0 aromatic heterocycles. The molecule has 0 saturated carbocycles. The van der Waals surface area contributed by atoms with Gasteiger partial charge >= 0.3 is 0 Å². The first kappa shape index (κ1) is 25.2. The molecule has 0 amide bonds. The highest BCUT2D eigenvalue weighted by Crippen LogP contribution is 2.21. The van der Waals surface area contributed by atoms with Crippen molar-refractivity contribution in [3.63, 3.8) is 0 Å². The van der Waals surface area contributed by atoms with Gasteiger partial charge in [0.25, 0.3) is 0 Å². The van der Waals surface area contributed by atoms with Crippen LogP contribution < -0.4 is 5.19 Å². The normalized spacial score (nSPS) is 11.1. The highest BCUT2D eigenvalue weighted by atomic mass is 28.2. The van der Waals surface area contributed by atoms with Gasteiger partial charge in [0.05, 0.1) is 9.52 Å². The number of benzene rings is 4. The largest absolute Gasteiger partial charge is 0.0855 e. The smallest absolute Gasteiger partial charge is 0.0639 e. The van der Waals surface area contributed by atoms with Crippen molar-refractivity contribution in [1.29, 1.82) is 0 Å². The molecule has 0 bridgehead atoms. The molecule has 0 aliphatic carbocycles. The summed E-state index contributed by atoms with van der Waals surface area (Å²) in [5, 5.41) is 1.44. The van der Waals surface area contributed by atoms with Gasteiger partial charge in [-0.1, -0.05) is 122 Å². The van der Waals surface area contributed by atoms with Crippen LogP contribution in [-0.4, -0.2) is 9.52 Å². The van der Waals surface area contributed by atoms with Crippen LogP contribution in [0.2, 0.25) is 0 Å². The van der Waals surface area contributed by atoms with E-state index < -0.39 is 0 Å². The number of rotatable bonds is 10. The number of aryl methyl sites for hydroxylation is 4. The molecule has 0 atom stereocenters. The van der Waals surface area contributed by atoms with Gasteiger partial charge in [-0.15, -0.1) is 0 Å². The summed E-state index contributed by atoms with van der Waals surface area (Å²) >= 11 is 0. The molecule has 0 nitrogen and oxygen atoms in total. The monoisotopic (exact) mass is 474 g/mol. The summed E-state index contributed by atoms with van der Waals surface area (Å²) < 4.78 is 0. The predicted octanol–water partition coefficient (Wildman–Crippen LogP) is 7.39. The fraction of sp³-hybridized carbons (Fsp3) is 0.294. The molecule has 0 saturated heterocycles. The van der Waals surface area contributed by atoms with E-state index in [1.165, 1.54) is 55.3 Å². The molecule has 178 valence electrons. The molecule has 0 unspecified atom stereocenters. The third kappa shape index (κ3) is 7.29. The van der Waals surface area contributed by atoms with Crippen molar-refractivity contribution in [2.75, 3.05) is 0 Å². The Morgan fingerprint density at radius 3 is 1.43 bits per heavy atom. The van der Waals surface area contributed by atoms with E-state index in [1.54, 1.807) is 0 Å². The Hall–Kier alpha value is -2.90. The standard InChI is InChI=1S/C34H38Si/c1-5-26-13-25(4)14-29(15-26)20-30-16-27(6-2)17-31(21-30)22-32-18-28(7-3)19-33(23-32)24-35-34-11-9-8-10-12-34/h8-19,21,23H,5-7,20,22,24H2,1-4H3. The van der Waals surface area contributed by atoms with Crippen LogP contribution in [0.4, 0.5) is 0 Å². The van der Waals surface area contributed by atoms with E-state index in [2.05, 4.69) is 113 Å². The van der Waals surface area contributed by atoms with Gasteiger partial charge in [0.2, 0.25) is 0 Å². The van der Waals surface area contributed by atoms with E-state index in [4.69, 9.17) is 0 Å². The molecule has 4 aromatic rings. The van der Waals surface area contributed by atoms with Gasteiger partial charge < -0.3 is 0 Å². The second-order valence-corrected chi connectivity index (χ2v) is 11.1. The Morgan fingerprint density at radius 1 is 0.486 bits per heavy atom. The average Bonchev–Trinajstić information content (AvgIpc) is 2.87. The van der Waals surface area contributed by atoms with E-state index in [0.717, 1.165) is 47.7 Å². The molecule has 1 heteroatoms. The van der Waals surface area contributed by atoms with Crippen molar-refractivity contribution >= 4 is 14.7 Å². The molecule has 0 spiro atoms. The van der Waals surface area contributed by atoms with E-state index in [9.17, 15) is 0 Å². The summed E-state index contributed by atoms with van der Waals surface area (Å²) in [5.41, 5.74) is 12.9. The maximum Gasteiger partial charge on any atom is 0.0855 e. The SMILES string of the molecule is CCc1cc(C)cc(Cc2cc(CC)cc(Cc3cc(CC)cc(C[Si]c4ccccc4)c3)c2)c1. The lowest BCUT2D eigenvalue weighted by Gasteiger charge is -2.13. The van der Waals surface area contributed by atoms with Gasteiger partial charge in [0.1, 0.15) is 0 Å². The summed E-state index contributed by atoms with van der Waals surface area (Å²) in [7, 11) is 0.821. The summed E-state index contributed by atoms with van der Waals surface area (Å²) in [6.07, 6.45) is 5.27. The Kier molecular flexibility index (Phi) is 8.77. The molecule has 4 rings (SSSR count). The third-order valence-electron chi connectivity index (χ3n) is 6.73. The summed E-state index contributed by atoms with van der Waals surface area (Å²) in [6.45, 7) is 9.00. The fourth-order valence-corrected chi connectivity index (χ4v) is 6.02. The Balaban J connectivity index is 1.56. The van der Waals surface area contributed by atoms with Crippen molar-refractivity contribution in [2.24, 2.45) is 0 Å². The van der Waals surface area contributed by atoms with Gasteiger partial charge in [-0.05, 0) is 84.0 Å². The molecule has 4 aromatic carbocycles. The van der Waals surface area contributed by atoms with Crippen molar-refractivity contribution in [3.05, 3.63) is 135 Å². The van der Waals surface area contributed by atoms with Crippen molar-refractivity contribution in [3.8, 4) is 0 Å². The highest BCUT2D eigenvalue weighted by Gasteiger charge is 2.07. The number of hydrogen-bond acceptors (Lipinski definition) is 0. The lowest BCUT2D eigenvalue weighted by molar-refractivity contribution is 1.05. The minimum Gasteiger partial charge on any atom is -0.0639 e. The minimum atomic E-state index is 0.821. The van der Waals surface area contributed by atoms with Crippen LogP contribution in [0.25, 0.3) is 0 Å². The Bertz CT molecular complexity index is 1250. The lowest BCUT2D eigenvalue weighted by atomic mass is 9.93. The van der Waals surface area contributed by atoms with Gasteiger partial charge in [-0.25, -0.2) is 0 Å². The van der Waals surface area contributed by atoms with Gasteiger partial charge in [0, 0.05) is 0 Å². The first-order chi connectivity index (χ1) is 17.0. The zero-order valence-corrected chi connectivity index (χ0v) is 22.8. The van der Waals surface area contributed by atoms with Crippen LogP contribution in [0, 0.1) is 6.92 Å². The first-order valence-corrected chi connectivity index (χ1v) is 14.4. The summed E-state index contributed by atoms with van der Waals surface area (Å²) in [5.74, 6) is 0.